The number of fused-ring (bicyclic) bond motifs is 1. The third-order valence-corrected chi connectivity index (χ3v) is 6.26. The van der Waals surface area contributed by atoms with Crippen molar-refractivity contribution in [3.63, 3.8) is 0 Å². The van der Waals surface area contributed by atoms with E-state index in [0.717, 1.165) is 27.9 Å². The first-order valence-electron chi connectivity index (χ1n) is 10.7. The summed E-state index contributed by atoms with van der Waals surface area (Å²) in [6, 6.07) is 13.6. The van der Waals surface area contributed by atoms with Gasteiger partial charge in [-0.05, 0) is 61.7 Å². The minimum absolute atomic E-state index is 0.0329. The monoisotopic (exact) mass is 419 g/mol. The number of carbonyl (C=O) groups is 2. The number of methoxy groups -OCH3 is 1. The number of piperazine rings is 1. The number of carbonyl (C=O) groups excluding carboxylic acids is 2. The highest BCUT2D eigenvalue weighted by Gasteiger charge is 2.25. The summed E-state index contributed by atoms with van der Waals surface area (Å²) < 4.78 is 5.17. The summed E-state index contributed by atoms with van der Waals surface area (Å²) in [6.07, 6.45) is 1.18. The number of ether oxygens (including phenoxy) is 1. The zero-order chi connectivity index (χ0) is 22.0. The van der Waals surface area contributed by atoms with E-state index < -0.39 is 0 Å². The Hall–Kier alpha value is -3.28. The van der Waals surface area contributed by atoms with Crippen LogP contribution in [0.2, 0.25) is 0 Å². The minimum Gasteiger partial charge on any atom is -0.497 e. The van der Waals surface area contributed by atoms with Crippen molar-refractivity contribution in [1.29, 1.82) is 0 Å². The van der Waals surface area contributed by atoms with Crippen LogP contribution in [0.25, 0.3) is 10.9 Å². The first-order valence-corrected chi connectivity index (χ1v) is 10.7. The lowest BCUT2D eigenvalue weighted by Crippen LogP contribution is -2.50. The summed E-state index contributed by atoms with van der Waals surface area (Å²) in [6.45, 7) is 6.41. The fraction of sp³-hybridized carbons (Fsp3) is 0.360. The molecule has 2 heterocycles. The van der Waals surface area contributed by atoms with Gasteiger partial charge in [-0.15, -0.1) is 0 Å². The van der Waals surface area contributed by atoms with Gasteiger partial charge in [0.1, 0.15) is 5.75 Å². The molecule has 1 aliphatic rings. The molecule has 6 heteroatoms. The molecule has 6 nitrogen and oxygen atoms in total. The largest absolute Gasteiger partial charge is 0.497 e. The number of aryl methyl sites for hydroxylation is 3. The number of nitrogens with one attached hydrogen (secondary N) is 1. The average molecular weight is 420 g/mol. The maximum absolute atomic E-state index is 13.0. The molecule has 0 saturated carbocycles. The Kier molecular flexibility index (Phi) is 5.98. The van der Waals surface area contributed by atoms with Gasteiger partial charge in [-0.1, -0.05) is 12.1 Å². The summed E-state index contributed by atoms with van der Waals surface area (Å²) in [7, 11) is 1.64. The molecule has 1 N–H and O–H groups in total. The first kappa shape index (κ1) is 21.0. The fourth-order valence-corrected chi connectivity index (χ4v) is 4.14. The van der Waals surface area contributed by atoms with Gasteiger partial charge in [0.2, 0.25) is 5.91 Å². The Labute approximate surface area is 182 Å². The zero-order valence-electron chi connectivity index (χ0n) is 18.4. The number of nitrogens with zero attached hydrogens (tertiary/aromatic N) is 2. The molecule has 1 aliphatic heterocycles. The molecule has 2 aromatic carbocycles. The number of amides is 2. The Bertz CT molecular complexity index is 1090. The molecular formula is C25H29N3O3. The number of hydrogen-bond acceptors (Lipinski definition) is 3. The van der Waals surface area contributed by atoms with E-state index in [1.165, 1.54) is 5.56 Å². The third kappa shape index (κ3) is 4.43. The van der Waals surface area contributed by atoms with Crippen molar-refractivity contribution in [3.05, 3.63) is 64.8 Å². The van der Waals surface area contributed by atoms with Gasteiger partial charge in [-0.3, -0.25) is 9.59 Å². The maximum atomic E-state index is 13.0. The van der Waals surface area contributed by atoms with E-state index in [2.05, 4.69) is 11.9 Å². The van der Waals surface area contributed by atoms with Crippen LogP contribution < -0.4 is 4.74 Å². The van der Waals surface area contributed by atoms with Gasteiger partial charge >= 0.3 is 0 Å². The predicted molar refractivity (Wildman–Crippen MR) is 122 cm³/mol. The second-order valence-corrected chi connectivity index (χ2v) is 8.16. The molecule has 0 unspecified atom stereocenters. The SMILES string of the molecule is COc1ccc(CCC(=O)N2CCN(C(=O)c3ccc4[nH]c(C)c(C)c4c3)CC2)cc1. The molecule has 2 amide bonds. The summed E-state index contributed by atoms with van der Waals surface area (Å²) in [4.78, 5) is 32.7. The smallest absolute Gasteiger partial charge is 0.253 e. The highest BCUT2D eigenvalue weighted by Crippen LogP contribution is 2.23. The van der Waals surface area contributed by atoms with Crippen molar-refractivity contribution >= 4 is 22.7 Å². The molecule has 0 bridgehead atoms. The summed E-state index contributed by atoms with van der Waals surface area (Å²) in [5, 5.41) is 1.09. The number of aromatic amines is 1. The van der Waals surface area contributed by atoms with Gasteiger partial charge in [0.05, 0.1) is 7.11 Å². The normalized spacial score (nSPS) is 14.2. The van der Waals surface area contributed by atoms with Crippen LogP contribution in [0.3, 0.4) is 0 Å². The second kappa shape index (κ2) is 8.84. The highest BCUT2D eigenvalue weighted by molar-refractivity contribution is 5.99. The van der Waals surface area contributed by atoms with Gasteiger partial charge in [0.25, 0.3) is 5.91 Å². The maximum Gasteiger partial charge on any atom is 0.253 e. The molecule has 0 aliphatic carbocycles. The lowest BCUT2D eigenvalue weighted by Gasteiger charge is -2.35. The molecule has 0 spiro atoms. The molecule has 1 fully saturated rings. The van der Waals surface area contributed by atoms with Crippen LogP contribution in [-0.2, 0) is 11.2 Å². The van der Waals surface area contributed by atoms with Crippen molar-refractivity contribution in [2.75, 3.05) is 33.3 Å². The van der Waals surface area contributed by atoms with Gasteiger partial charge in [0, 0.05) is 54.8 Å². The van der Waals surface area contributed by atoms with E-state index in [-0.39, 0.29) is 11.8 Å². The Morgan fingerprint density at radius 2 is 1.65 bits per heavy atom. The number of benzene rings is 2. The van der Waals surface area contributed by atoms with E-state index in [1.54, 1.807) is 7.11 Å². The summed E-state index contributed by atoms with van der Waals surface area (Å²) in [5.41, 5.74) is 5.18. The van der Waals surface area contributed by atoms with Crippen molar-refractivity contribution in [2.24, 2.45) is 0 Å². The fourth-order valence-electron chi connectivity index (χ4n) is 4.14. The van der Waals surface area contributed by atoms with E-state index in [1.807, 2.05) is 59.2 Å². The number of H-pyrrole nitrogens is 1. The molecular weight excluding hydrogens is 390 g/mol. The van der Waals surface area contributed by atoms with Crippen LogP contribution >= 0.6 is 0 Å². The van der Waals surface area contributed by atoms with Gasteiger partial charge < -0.3 is 19.5 Å². The summed E-state index contributed by atoms with van der Waals surface area (Å²) >= 11 is 0. The minimum atomic E-state index is 0.0329. The van der Waals surface area contributed by atoms with Crippen molar-refractivity contribution < 1.29 is 14.3 Å². The van der Waals surface area contributed by atoms with Crippen molar-refractivity contribution in [2.45, 2.75) is 26.7 Å². The molecule has 31 heavy (non-hydrogen) atoms. The Morgan fingerprint density at radius 3 is 2.32 bits per heavy atom. The molecule has 162 valence electrons. The molecule has 1 saturated heterocycles. The number of hydrogen-bond donors (Lipinski definition) is 1. The van der Waals surface area contributed by atoms with Gasteiger partial charge in [0.15, 0.2) is 0 Å². The average Bonchev–Trinajstić information content (AvgIpc) is 3.10. The summed E-state index contributed by atoms with van der Waals surface area (Å²) in [5.74, 6) is 0.991. The van der Waals surface area contributed by atoms with Crippen LogP contribution in [0.4, 0.5) is 0 Å². The third-order valence-electron chi connectivity index (χ3n) is 6.26. The Balaban J connectivity index is 1.31. The second-order valence-electron chi connectivity index (χ2n) is 8.16. The van der Waals surface area contributed by atoms with Crippen LogP contribution in [0.5, 0.6) is 5.75 Å². The van der Waals surface area contributed by atoms with Crippen LogP contribution in [0, 0.1) is 13.8 Å². The van der Waals surface area contributed by atoms with Crippen molar-refractivity contribution in [3.8, 4) is 5.75 Å². The zero-order valence-corrected chi connectivity index (χ0v) is 18.4. The first-order chi connectivity index (χ1) is 15.0. The standard InChI is InChI=1S/C25H29N3O3/c1-17-18(2)26-23-10-7-20(16-22(17)23)25(30)28-14-12-27(13-15-28)24(29)11-6-19-4-8-21(31-3)9-5-19/h4-5,7-10,16,26H,6,11-15H2,1-3H3. The van der Waals surface area contributed by atoms with E-state index in [9.17, 15) is 9.59 Å². The highest BCUT2D eigenvalue weighted by atomic mass is 16.5. The van der Waals surface area contributed by atoms with Crippen molar-refractivity contribution in [1.82, 2.24) is 14.8 Å². The molecule has 4 rings (SSSR count). The lowest BCUT2D eigenvalue weighted by atomic mass is 10.1. The predicted octanol–water partition coefficient (Wildman–Crippen LogP) is 3.71. The number of rotatable bonds is 5. The topological polar surface area (TPSA) is 65.6 Å². The number of aromatic nitrogens is 1. The van der Waals surface area contributed by atoms with Crippen LogP contribution in [0.1, 0.15) is 33.6 Å². The van der Waals surface area contributed by atoms with E-state index >= 15 is 0 Å². The molecule has 1 aromatic heterocycles. The molecule has 0 atom stereocenters. The lowest BCUT2D eigenvalue weighted by molar-refractivity contribution is -0.132. The van der Waals surface area contributed by atoms with Gasteiger partial charge in [-0.2, -0.15) is 0 Å². The van der Waals surface area contributed by atoms with Crippen LogP contribution in [-0.4, -0.2) is 59.9 Å². The Morgan fingerprint density at radius 1 is 0.968 bits per heavy atom. The van der Waals surface area contributed by atoms with E-state index in [0.29, 0.717) is 44.6 Å². The van der Waals surface area contributed by atoms with Crippen LogP contribution in [0.15, 0.2) is 42.5 Å². The quantitative estimate of drug-likeness (QED) is 0.686. The molecule has 0 radical (unpaired) electrons. The van der Waals surface area contributed by atoms with E-state index in [4.69, 9.17) is 4.74 Å². The molecule has 3 aromatic rings. The van der Waals surface area contributed by atoms with Gasteiger partial charge in [-0.25, -0.2) is 0 Å².